The third kappa shape index (κ3) is 3.28. The molecule has 0 unspecified atom stereocenters. The first-order valence-corrected chi connectivity index (χ1v) is 7.56. The number of imide groups is 1. The Morgan fingerprint density at radius 2 is 1.92 bits per heavy atom. The summed E-state index contributed by atoms with van der Waals surface area (Å²) in [6.07, 6.45) is 3.34. The van der Waals surface area contributed by atoms with E-state index in [9.17, 15) is 14.9 Å². The molecule has 5 heteroatoms. The average Bonchev–Trinajstić information content (AvgIpc) is 2.59. The number of ether oxygens (including phenoxy) is 1. The molecule has 1 aliphatic heterocycles. The predicted molar refractivity (Wildman–Crippen MR) is 90.8 cm³/mol. The third-order valence-corrected chi connectivity index (χ3v) is 3.70. The number of amides is 2. The van der Waals surface area contributed by atoms with E-state index in [1.54, 1.807) is 38.1 Å². The van der Waals surface area contributed by atoms with Crippen molar-refractivity contribution in [1.29, 1.82) is 5.26 Å². The molecule has 2 rings (SSSR count). The Kier molecular flexibility index (Phi) is 5.33. The van der Waals surface area contributed by atoms with Crippen LogP contribution in [0.3, 0.4) is 0 Å². The highest BCUT2D eigenvalue weighted by Gasteiger charge is 2.34. The summed E-state index contributed by atoms with van der Waals surface area (Å²) in [5, 5.41) is 9.22. The smallest absolute Gasteiger partial charge is 0.271 e. The highest BCUT2D eigenvalue weighted by Crippen LogP contribution is 2.27. The van der Waals surface area contributed by atoms with Crippen LogP contribution in [0.4, 0.5) is 0 Å². The zero-order chi connectivity index (χ0) is 17.7. The van der Waals surface area contributed by atoms with E-state index in [0.717, 1.165) is 10.5 Å². The van der Waals surface area contributed by atoms with Crippen LogP contribution in [0.2, 0.25) is 0 Å². The number of carbonyl (C=O) groups is 2. The molecule has 0 radical (unpaired) electrons. The monoisotopic (exact) mass is 322 g/mol. The third-order valence-electron chi connectivity index (χ3n) is 3.70. The molecule has 1 heterocycles. The van der Waals surface area contributed by atoms with E-state index < -0.39 is 5.91 Å². The molecule has 1 aliphatic rings. The second kappa shape index (κ2) is 7.42. The van der Waals surface area contributed by atoms with E-state index in [1.807, 2.05) is 18.2 Å². The molecule has 0 saturated heterocycles. The zero-order valence-electron chi connectivity index (χ0n) is 13.7. The molecule has 5 nitrogen and oxygen atoms in total. The van der Waals surface area contributed by atoms with Crippen LogP contribution in [0.25, 0.3) is 6.08 Å². The van der Waals surface area contributed by atoms with E-state index in [2.05, 4.69) is 6.58 Å². The maximum Gasteiger partial charge on any atom is 0.271 e. The molecule has 0 saturated carbocycles. The number of rotatable bonds is 5. The molecule has 24 heavy (non-hydrogen) atoms. The highest BCUT2D eigenvalue weighted by molar-refractivity contribution is 6.19. The van der Waals surface area contributed by atoms with Gasteiger partial charge in [-0.25, -0.2) is 0 Å². The summed E-state index contributed by atoms with van der Waals surface area (Å²) in [7, 11) is 0. The first-order valence-electron chi connectivity index (χ1n) is 7.56. The van der Waals surface area contributed by atoms with E-state index in [-0.39, 0.29) is 18.0 Å². The normalized spacial score (nSPS) is 16.4. The molecule has 0 atom stereocenters. The maximum absolute atomic E-state index is 12.5. The molecule has 1 aromatic carbocycles. The van der Waals surface area contributed by atoms with Gasteiger partial charge in [-0.2, -0.15) is 5.26 Å². The van der Waals surface area contributed by atoms with Crippen molar-refractivity contribution in [2.45, 2.75) is 13.8 Å². The summed E-state index contributed by atoms with van der Waals surface area (Å²) >= 11 is 0. The minimum atomic E-state index is -0.534. The molecule has 2 amide bonds. The molecular weight excluding hydrogens is 304 g/mol. The minimum Gasteiger partial charge on any atom is -0.490 e. The van der Waals surface area contributed by atoms with Gasteiger partial charge in [0.2, 0.25) is 0 Å². The average molecular weight is 322 g/mol. The topological polar surface area (TPSA) is 70.4 Å². The molecule has 122 valence electrons. The van der Waals surface area contributed by atoms with Crippen LogP contribution in [-0.4, -0.2) is 29.9 Å². The zero-order valence-corrected chi connectivity index (χ0v) is 13.7. The Labute approximate surface area is 141 Å². The fourth-order valence-corrected chi connectivity index (χ4v) is 2.40. The number of carbonyl (C=O) groups excluding carboxylic acids is 2. The van der Waals surface area contributed by atoms with Gasteiger partial charge >= 0.3 is 0 Å². The first kappa shape index (κ1) is 17.2. The Bertz CT molecular complexity index is 780. The number of likely N-dealkylation sites (N-methyl/N-ethyl adjacent to an activating group) is 1. The van der Waals surface area contributed by atoms with Crippen LogP contribution in [0.5, 0.6) is 5.75 Å². The molecule has 0 N–H and O–H groups in total. The molecule has 0 fully saturated rings. The Balaban J connectivity index is 2.41. The van der Waals surface area contributed by atoms with Crippen LogP contribution in [0.1, 0.15) is 19.4 Å². The van der Waals surface area contributed by atoms with Gasteiger partial charge in [0.25, 0.3) is 11.8 Å². The van der Waals surface area contributed by atoms with E-state index in [1.165, 1.54) is 0 Å². The fraction of sp³-hybridized carbons (Fsp3) is 0.211. The summed E-state index contributed by atoms with van der Waals surface area (Å²) in [5.74, 6) is -0.221. The second-order valence-corrected chi connectivity index (χ2v) is 5.19. The summed E-state index contributed by atoms with van der Waals surface area (Å²) in [5.41, 5.74) is 1.55. The van der Waals surface area contributed by atoms with Crippen molar-refractivity contribution in [2.75, 3.05) is 13.2 Å². The lowest BCUT2D eigenvalue weighted by atomic mass is 9.94. The highest BCUT2D eigenvalue weighted by atomic mass is 16.5. The largest absolute Gasteiger partial charge is 0.490 e. The van der Waals surface area contributed by atoms with Crippen LogP contribution >= 0.6 is 0 Å². The van der Waals surface area contributed by atoms with Gasteiger partial charge in [0.15, 0.2) is 0 Å². The summed E-state index contributed by atoms with van der Waals surface area (Å²) in [6.45, 7) is 7.55. The second-order valence-electron chi connectivity index (χ2n) is 5.19. The van der Waals surface area contributed by atoms with Gasteiger partial charge in [-0.3, -0.25) is 14.5 Å². The number of hydrogen-bond donors (Lipinski definition) is 0. The summed E-state index contributed by atoms with van der Waals surface area (Å²) in [6, 6.07) is 9.10. The first-order chi connectivity index (χ1) is 11.5. The maximum atomic E-state index is 12.5. The van der Waals surface area contributed by atoms with Crippen molar-refractivity contribution in [1.82, 2.24) is 4.90 Å². The standard InChI is InChI=1S/C19H18N2O3/c1-4-10-24-15-8-6-14(7-9-15)11-16-13(3)17(12-20)19(23)21(5-2)18(16)22/h4,6-9,11H,1,5,10H2,2-3H3/b16-11+. The van der Waals surface area contributed by atoms with Crippen molar-refractivity contribution in [3.8, 4) is 11.8 Å². The molecular formula is C19H18N2O3. The lowest BCUT2D eigenvalue weighted by Gasteiger charge is -2.26. The van der Waals surface area contributed by atoms with Gasteiger partial charge in [0.1, 0.15) is 24.0 Å². The van der Waals surface area contributed by atoms with Gasteiger partial charge in [0.05, 0.1) is 0 Å². The number of benzene rings is 1. The van der Waals surface area contributed by atoms with Crippen LogP contribution in [0.15, 0.2) is 53.6 Å². The van der Waals surface area contributed by atoms with E-state index in [0.29, 0.717) is 23.5 Å². The Hall–Kier alpha value is -3.13. The molecule has 0 aliphatic carbocycles. The Morgan fingerprint density at radius 3 is 2.46 bits per heavy atom. The van der Waals surface area contributed by atoms with Gasteiger partial charge in [-0.1, -0.05) is 24.8 Å². The molecule has 0 spiro atoms. The molecule has 1 aromatic rings. The lowest BCUT2D eigenvalue weighted by molar-refractivity contribution is -0.140. The van der Waals surface area contributed by atoms with E-state index in [4.69, 9.17) is 4.74 Å². The van der Waals surface area contributed by atoms with Crippen molar-refractivity contribution in [3.05, 3.63) is 59.2 Å². The Morgan fingerprint density at radius 1 is 1.25 bits per heavy atom. The molecule has 0 aromatic heterocycles. The fourth-order valence-electron chi connectivity index (χ4n) is 2.40. The number of hydrogen-bond acceptors (Lipinski definition) is 4. The quantitative estimate of drug-likeness (QED) is 0.475. The van der Waals surface area contributed by atoms with Gasteiger partial charge < -0.3 is 4.74 Å². The van der Waals surface area contributed by atoms with Crippen LogP contribution in [-0.2, 0) is 9.59 Å². The predicted octanol–water partition coefficient (Wildman–Crippen LogP) is 2.86. The minimum absolute atomic E-state index is 0.00800. The van der Waals surface area contributed by atoms with Gasteiger partial charge in [-0.15, -0.1) is 0 Å². The SMILES string of the molecule is C=CCOc1ccc(/C=C2/C(=O)N(CC)C(=O)C(C#N)=C2C)cc1. The van der Waals surface area contributed by atoms with Gasteiger partial charge in [0, 0.05) is 12.1 Å². The number of nitrogens with zero attached hydrogens (tertiary/aromatic N) is 2. The van der Waals surface area contributed by atoms with Crippen molar-refractivity contribution >= 4 is 17.9 Å². The van der Waals surface area contributed by atoms with E-state index >= 15 is 0 Å². The van der Waals surface area contributed by atoms with Gasteiger partial charge in [-0.05, 0) is 43.2 Å². The number of nitriles is 1. The van der Waals surface area contributed by atoms with Crippen LogP contribution in [0, 0.1) is 11.3 Å². The summed E-state index contributed by atoms with van der Waals surface area (Å²) in [4.78, 5) is 25.7. The lowest BCUT2D eigenvalue weighted by Crippen LogP contribution is -2.42. The van der Waals surface area contributed by atoms with Crippen molar-refractivity contribution in [3.63, 3.8) is 0 Å². The van der Waals surface area contributed by atoms with Crippen molar-refractivity contribution < 1.29 is 14.3 Å². The van der Waals surface area contributed by atoms with Crippen LogP contribution < -0.4 is 4.74 Å². The van der Waals surface area contributed by atoms with Crippen molar-refractivity contribution in [2.24, 2.45) is 0 Å². The molecule has 0 bridgehead atoms. The summed E-state index contributed by atoms with van der Waals surface area (Å²) < 4.78 is 5.41.